The summed E-state index contributed by atoms with van der Waals surface area (Å²) >= 11 is 0. The van der Waals surface area contributed by atoms with Crippen LogP contribution < -0.4 is 9.62 Å². The molecule has 1 amide bonds. The highest BCUT2D eigenvalue weighted by Gasteiger charge is 2.27. The van der Waals surface area contributed by atoms with E-state index in [-0.39, 0.29) is 4.90 Å². The van der Waals surface area contributed by atoms with Gasteiger partial charge < -0.3 is 10.1 Å². The maximum absolute atomic E-state index is 13.3. The van der Waals surface area contributed by atoms with Crippen molar-refractivity contribution in [1.82, 2.24) is 0 Å². The van der Waals surface area contributed by atoms with Crippen molar-refractivity contribution in [2.45, 2.75) is 11.8 Å². The van der Waals surface area contributed by atoms with Crippen molar-refractivity contribution < 1.29 is 22.7 Å². The van der Waals surface area contributed by atoms with Gasteiger partial charge in [0, 0.05) is 5.69 Å². The number of nitrogens with one attached hydrogen (secondary N) is 1. The van der Waals surface area contributed by atoms with Gasteiger partial charge in [-0.25, -0.2) is 13.2 Å². The monoisotopic (exact) mass is 438 g/mol. The SMILES string of the molecule is COC(=O)c1cccc(NC(=O)CN(c2ccccc2)S(=O)(=O)c2ccccc2)c1C. The van der Waals surface area contributed by atoms with E-state index >= 15 is 0 Å². The maximum Gasteiger partial charge on any atom is 0.338 e. The quantitative estimate of drug-likeness (QED) is 0.569. The van der Waals surface area contributed by atoms with Crippen LogP contribution in [-0.2, 0) is 19.6 Å². The maximum atomic E-state index is 13.3. The summed E-state index contributed by atoms with van der Waals surface area (Å²) in [6, 6.07) is 21.2. The van der Waals surface area contributed by atoms with Crippen LogP contribution in [0.15, 0.2) is 83.8 Å². The van der Waals surface area contributed by atoms with Gasteiger partial charge in [0.1, 0.15) is 6.54 Å². The van der Waals surface area contributed by atoms with E-state index in [1.807, 2.05) is 0 Å². The fraction of sp³-hybridized carbons (Fsp3) is 0.130. The van der Waals surface area contributed by atoms with E-state index in [9.17, 15) is 18.0 Å². The molecule has 0 unspecified atom stereocenters. The van der Waals surface area contributed by atoms with Crippen LogP contribution in [0.3, 0.4) is 0 Å². The standard InChI is InChI=1S/C23H22N2O5S/c1-17-20(23(27)30-2)14-9-15-21(17)24-22(26)16-25(18-10-5-3-6-11-18)31(28,29)19-12-7-4-8-13-19/h3-15H,16H2,1-2H3,(H,24,26). The normalized spacial score (nSPS) is 10.9. The van der Waals surface area contributed by atoms with Crippen LogP contribution in [-0.4, -0.2) is 33.9 Å². The minimum Gasteiger partial charge on any atom is -0.465 e. The molecule has 0 bridgehead atoms. The minimum absolute atomic E-state index is 0.0792. The molecule has 3 aromatic rings. The third-order valence-electron chi connectivity index (χ3n) is 4.68. The first kappa shape index (κ1) is 22.0. The molecule has 3 aromatic carbocycles. The average molecular weight is 439 g/mol. The number of anilines is 2. The zero-order chi connectivity index (χ0) is 22.4. The fourth-order valence-electron chi connectivity index (χ4n) is 3.05. The van der Waals surface area contributed by atoms with Gasteiger partial charge in [0.15, 0.2) is 0 Å². The number of carbonyl (C=O) groups is 2. The number of amides is 1. The van der Waals surface area contributed by atoms with Crippen LogP contribution in [0.25, 0.3) is 0 Å². The van der Waals surface area contributed by atoms with Gasteiger partial charge in [0.2, 0.25) is 5.91 Å². The van der Waals surface area contributed by atoms with Crippen molar-refractivity contribution in [1.29, 1.82) is 0 Å². The molecule has 0 aliphatic heterocycles. The molecule has 0 saturated carbocycles. The molecule has 0 atom stereocenters. The summed E-state index contributed by atoms with van der Waals surface area (Å²) in [5, 5.41) is 2.70. The number of benzene rings is 3. The number of methoxy groups -OCH3 is 1. The van der Waals surface area contributed by atoms with Crippen LogP contribution in [0.1, 0.15) is 15.9 Å². The molecule has 7 nitrogen and oxygen atoms in total. The van der Waals surface area contributed by atoms with Gasteiger partial charge in [-0.3, -0.25) is 9.10 Å². The number of ether oxygens (including phenoxy) is 1. The first-order chi connectivity index (χ1) is 14.8. The number of hydrogen-bond donors (Lipinski definition) is 1. The number of nitrogens with zero attached hydrogens (tertiary/aromatic N) is 1. The van der Waals surface area contributed by atoms with Gasteiger partial charge in [-0.15, -0.1) is 0 Å². The van der Waals surface area contributed by atoms with E-state index in [0.717, 1.165) is 4.31 Å². The predicted octanol–water partition coefficient (Wildman–Crippen LogP) is 3.62. The number of para-hydroxylation sites is 1. The summed E-state index contributed by atoms with van der Waals surface area (Å²) in [6.45, 7) is 1.24. The zero-order valence-corrected chi connectivity index (χ0v) is 17.9. The van der Waals surface area contributed by atoms with Gasteiger partial charge in [-0.2, -0.15) is 0 Å². The third-order valence-corrected chi connectivity index (χ3v) is 6.46. The molecule has 0 fully saturated rings. The van der Waals surface area contributed by atoms with Crippen LogP contribution in [0.2, 0.25) is 0 Å². The number of carbonyl (C=O) groups excluding carboxylic acids is 2. The topological polar surface area (TPSA) is 92.8 Å². The number of hydrogen-bond acceptors (Lipinski definition) is 5. The van der Waals surface area contributed by atoms with E-state index in [4.69, 9.17) is 4.74 Å². The molecule has 31 heavy (non-hydrogen) atoms. The lowest BCUT2D eigenvalue weighted by atomic mass is 10.1. The summed E-state index contributed by atoms with van der Waals surface area (Å²) in [5.41, 5.74) is 1.61. The molecule has 0 aliphatic rings. The Hall–Kier alpha value is -3.65. The zero-order valence-electron chi connectivity index (χ0n) is 17.1. The Morgan fingerprint density at radius 2 is 1.52 bits per heavy atom. The first-order valence-electron chi connectivity index (χ1n) is 9.45. The summed E-state index contributed by atoms with van der Waals surface area (Å²) in [7, 11) is -2.70. The van der Waals surface area contributed by atoms with Crippen LogP contribution in [0.5, 0.6) is 0 Å². The van der Waals surface area contributed by atoms with Gasteiger partial charge in [-0.05, 0) is 48.9 Å². The van der Waals surface area contributed by atoms with E-state index in [1.54, 1.807) is 73.7 Å². The Kier molecular flexibility index (Phi) is 6.71. The lowest BCUT2D eigenvalue weighted by molar-refractivity contribution is -0.114. The summed E-state index contributed by atoms with van der Waals surface area (Å²) < 4.78 is 32.3. The van der Waals surface area contributed by atoms with Gasteiger partial charge in [0.25, 0.3) is 10.0 Å². The van der Waals surface area contributed by atoms with E-state index < -0.39 is 28.4 Å². The summed E-state index contributed by atoms with van der Waals surface area (Å²) in [5.74, 6) is -1.07. The van der Waals surface area contributed by atoms with Crippen molar-refractivity contribution in [3.8, 4) is 0 Å². The summed E-state index contributed by atoms with van der Waals surface area (Å²) in [6.07, 6.45) is 0. The average Bonchev–Trinajstić information content (AvgIpc) is 2.79. The Morgan fingerprint density at radius 1 is 0.903 bits per heavy atom. The molecule has 1 N–H and O–H groups in total. The Balaban J connectivity index is 1.91. The largest absolute Gasteiger partial charge is 0.465 e. The number of rotatable bonds is 7. The molecule has 0 aliphatic carbocycles. The van der Waals surface area contributed by atoms with Gasteiger partial charge >= 0.3 is 5.97 Å². The second-order valence-electron chi connectivity index (χ2n) is 6.68. The molecule has 160 valence electrons. The lowest BCUT2D eigenvalue weighted by Gasteiger charge is -2.24. The fourth-order valence-corrected chi connectivity index (χ4v) is 4.49. The van der Waals surface area contributed by atoms with Crippen molar-refractivity contribution in [2.75, 3.05) is 23.3 Å². The van der Waals surface area contributed by atoms with Crippen LogP contribution >= 0.6 is 0 Å². The second-order valence-corrected chi connectivity index (χ2v) is 8.54. The van der Waals surface area contributed by atoms with Crippen molar-refractivity contribution >= 4 is 33.3 Å². The van der Waals surface area contributed by atoms with Gasteiger partial charge in [0.05, 0.1) is 23.3 Å². The van der Waals surface area contributed by atoms with E-state index in [0.29, 0.717) is 22.5 Å². The second kappa shape index (κ2) is 9.44. The Morgan fingerprint density at radius 3 is 2.13 bits per heavy atom. The third kappa shape index (κ3) is 4.92. The van der Waals surface area contributed by atoms with Crippen molar-refractivity contribution in [2.24, 2.45) is 0 Å². The smallest absolute Gasteiger partial charge is 0.338 e. The van der Waals surface area contributed by atoms with E-state index in [1.165, 1.54) is 19.2 Å². The summed E-state index contributed by atoms with van der Waals surface area (Å²) in [4.78, 5) is 24.8. The highest BCUT2D eigenvalue weighted by atomic mass is 32.2. The van der Waals surface area contributed by atoms with Gasteiger partial charge in [-0.1, -0.05) is 42.5 Å². The predicted molar refractivity (Wildman–Crippen MR) is 119 cm³/mol. The molecular formula is C23H22N2O5S. The molecule has 3 rings (SSSR count). The number of esters is 1. The highest BCUT2D eigenvalue weighted by molar-refractivity contribution is 7.92. The Labute approximate surface area is 181 Å². The minimum atomic E-state index is -3.98. The molecular weight excluding hydrogens is 416 g/mol. The van der Waals surface area contributed by atoms with E-state index in [2.05, 4.69) is 5.32 Å². The molecule has 0 aromatic heterocycles. The highest BCUT2D eigenvalue weighted by Crippen LogP contribution is 2.24. The van der Waals surface area contributed by atoms with Crippen molar-refractivity contribution in [3.05, 3.63) is 90.0 Å². The molecule has 0 saturated heterocycles. The van der Waals surface area contributed by atoms with Crippen LogP contribution in [0, 0.1) is 6.92 Å². The van der Waals surface area contributed by atoms with Crippen molar-refractivity contribution in [3.63, 3.8) is 0 Å². The lowest BCUT2D eigenvalue weighted by Crippen LogP contribution is -2.38. The molecule has 0 radical (unpaired) electrons. The van der Waals surface area contributed by atoms with Crippen LogP contribution in [0.4, 0.5) is 11.4 Å². The molecule has 0 spiro atoms. The number of sulfonamides is 1. The Bertz CT molecular complexity index is 1180. The molecule has 8 heteroatoms. The molecule has 0 heterocycles. The first-order valence-corrected chi connectivity index (χ1v) is 10.9.